The minimum Gasteiger partial charge on any atom is -0.383 e. The number of amides is 1. The van der Waals surface area contributed by atoms with E-state index in [1.54, 1.807) is 0 Å². The summed E-state index contributed by atoms with van der Waals surface area (Å²) in [5.41, 5.74) is 13.3. The van der Waals surface area contributed by atoms with Crippen molar-refractivity contribution in [3.05, 3.63) is 29.8 Å². The van der Waals surface area contributed by atoms with Crippen molar-refractivity contribution in [3.8, 4) is 0 Å². The fourth-order valence-electron chi connectivity index (χ4n) is 4.47. The molecule has 4 rings (SSSR count). The van der Waals surface area contributed by atoms with E-state index in [1.165, 1.54) is 44.5 Å². The summed E-state index contributed by atoms with van der Waals surface area (Å²) >= 11 is 0. The molecule has 2 fully saturated rings. The molecule has 2 aliphatic heterocycles. The molecule has 0 unspecified atom stereocenters. The van der Waals surface area contributed by atoms with E-state index >= 15 is 0 Å². The molecule has 8 nitrogen and oxygen atoms in total. The summed E-state index contributed by atoms with van der Waals surface area (Å²) in [7, 11) is 0. The number of aromatic nitrogens is 2. The molecule has 0 radical (unpaired) electrons. The van der Waals surface area contributed by atoms with Crippen LogP contribution in [0.1, 0.15) is 43.0 Å². The van der Waals surface area contributed by atoms with Crippen molar-refractivity contribution in [3.63, 3.8) is 0 Å². The van der Waals surface area contributed by atoms with Crippen molar-refractivity contribution in [1.82, 2.24) is 15.1 Å². The molecule has 29 heavy (non-hydrogen) atoms. The molecule has 0 bridgehead atoms. The number of rotatable bonds is 5. The fraction of sp³-hybridized carbons (Fsp3) is 0.524. The molecule has 8 heteroatoms. The van der Waals surface area contributed by atoms with Gasteiger partial charge in [0.2, 0.25) is 0 Å². The van der Waals surface area contributed by atoms with Crippen molar-refractivity contribution < 1.29 is 4.79 Å². The van der Waals surface area contributed by atoms with Crippen LogP contribution in [0, 0.1) is 5.92 Å². The van der Waals surface area contributed by atoms with E-state index in [9.17, 15) is 4.79 Å². The minimum atomic E-state index is -0.610. The van der Waals surface area contributed by atoms with Gasteiger partial charge in [0, 0.05) is 30.5 Å². The number of anilines is 4. The second kappa shape index (κ2) is 8.32. The van der Waals surface area contributed by atoms with Crippen LogP contribution in [0.4, 0.5) is 23.0 Å². The molecule has 1 aromatic carbocycles. The molecule has 0 aliphatic carbocycles. The number of likely N-dealkylation sites (tertiary alicyclic amines) is 1. The number of nitrogen functional groups attached to an aromatic ring is 1. The highest BCUT2D eigenvalue weighted by Gasteiger charge is 2.27. The number of nitrogens with zero attached hydrogens (tertiary/aromatic N) is 3. The Kier molecular flexibility index (Phi) is 5.62. The zero-order valence-electron chi connectivity index (χ0n) is 17.0. The number of primary amides is 1. The van der Waals surface area contributed by atoms with Crippen molar-refractivity contribution in [2.45, 2.75) is 38.6 Å². The summed E-state index contributed by atoms with van der Waals surface area (Å²) in [6.45, 7) is 7.07. The van der Waals surface area contributed by atoms with Gasteiger partial charge in [-0.05, 0) is 69.0 Å². The molecule has 2 aromatic rings. The molecule has 3 heterocycles. The van der Waals surface area contributed by atoms with Gasteiger partial charge in [0.05, 0.1) is 0 Å². The highest BCUT2D eigenvalue weighted by atomic mass is 16.1. The Morgan fingerprint density at radius 3 is 2.38 bits per heavy atom. The van der Waals surface area contributed by atoms with Gasteiger partial charge in [0.1, 0.15) is 11.4 Å². The lowest BCUT2D eigenvalue weighted by Crippen LogP contribution is -2.47. The van der Waals surface area contributed by atoms with Gasteiger partial charge in [0.25, 0.3) is 5.91 Å². The second-order valence-electron chi connectivity index (χ2n) is 8.33. The van der Waals surface area contributed by atoms with E-state index in [0.29, 0.717) is 5.82 Å². The maximum atomic E-state index is 11.5. The van der Waals surface area contributed by atoms with Gasteiger partial charge in [-0.25, -0.2) is 0 Å². The molecule has 0 atom stereocenters. The molecule has 2 saturated heterocycles. The number of hydrogen-bond acceptors (Lipinski definition) is 6. The molecule has 1 aromatic heterocycles. The van der Waals surface area contributed by atoms with Gasteiger partial charge >= 0.3 is 0 Å². The Hall–Kier alpha value is -2.74. The average molecular weight is 398 g/mol. The molecule has 2 aliphatic rings. The quantitative estimate of drug-likeness (QED) is 0.616. The maximum Gasteiger partial charge on any atom is 0.256 e. The number of nitrogens with one attached hydrogen (secondary N) is 2. The minimum absolute atomic E-state index is 0.169. The summed E-state index contributed by atoms with van der Waals surface area (Å²) in [4.78, 5) is 16.7. The van der Waals surface area contributed by atoms with Crippen LogP contribution in [-0.2, 0) is 0 Å². The first-order valence-corrected chi connectivity index (χ1v) is 10.5. The second-order valence-corrected chi connectivity index (χ2v) is 8.33. The van der Waals surface area contributed by atoms with E-state index in [0.717, 1.165) is 30.7 Å². The molecule has 0 spiro atoms. The highest BCUT2D eigenvalue weighted by Crippen LogP contribution is 2.28. The van der Waals surface area contributed by atoms with Crippen LogP contribution in [0.3, 0.4) is 0 Å². The third kappa shape index (κ3) is 4.32. The topological polar surface area (TPSA) is 116 Å². The Morgan fingerprint density at radius 1 is 1.10 bits per heavy atom. The Balaban J connectivity index is 1.34. The van der Waals surface area contributed by atoms with Gasteiger partial charge in [-0.3, -0.25) is 9.89 Å². The van der Waals surface area contributed by atoms with Crippen LogP contribution in [0.15, 0.2) is 24.3 Å². The standard InChI is InChI=1S/C21H31N7O/c1-14-6-10-27(11-7-14)17-8-12-28(13-9-17)16-4-2-15(3-5-16)24-21-18(20(23)29)19(22)25-26-21/h2-5,14,17H,6-13H2,1H3,(H2,23,29)(H4,22,24,25,26). The third-order valence-corrected chi connectivity index (χ3v) is 6.33. The molecule has 6 N–H and O–H groups in total. The fourth-order valence-corrected chi connectivity index (χ4v) is 4.47. The number of benzene rings is 1. The predicted molar refractivity (Wildman–Crippen MR) is 116 cm³/mol. The van der Waals surface area contributed by atoms with Crippen LogP contribution in [0.5, 0.6) is 0 Å². The lowest BCUT2D eigenvalue weighted by Gasteiger charge is -2.42. The summed E-state index contributed by atoms with van der Waals surface area (Å²) in [6, 6.07) is 8.92. The third-order valence-electron chi connectivity index (χ3n) is 6.33. The van der Waals surface area contributed by atoms with Gasteiger partial charge in [-0.2, -0.15) is 5.10 Å². The number of carbonyl (C=O) groups is 1. The number of piperidine rings is 2. The van der Waals surface area contributed by atoms with Gasteiger partial charge < -0.3 is 26.6 Å². The van der Waals surface area contributed by atoms with Crippen molar-refractivity contribution in [2.24, 2.45) is 11.7 Å². The van der Waals surface area contributed by atoms with Gasteiger partial charge in [-0.1, -0.05) is 6.92 Å². The van der Waals surface area contributed by atoms with Crippen LogP contribution >= 0.6 is 0 Å². The van der Waals surface area contributed by atoms with E-state index in [1.807, 2.05) is 12.1 Å². The van der Waals surface area contributed by atoms with Crippen LogP contribution < -0.4 is 21.7 Å². The predicted octanol–water partition coefficient (Wildman–Crippen LogP) is 2.54. The van der Waals surface area contributed by atoms with E-state index in [2.05, 4.69) is 44.4 Å². The van der Waals surface area contributed by atoms with Gasteiger partial charge in [0.15, 0.2) is 5.82 Å². The van der Waals surface area contributed by atoms with Crippen LogP contribution in [0.25, 0.3) is 0 Å². The van der Waals surface area contributed by atoms with Crippen molar-refractivity contribution in [1.29, 1.82) is 0 Å². The first kappa shape index (κ1) is 19.6. The van der Waals surface area contributed by atoms with Crippen molar-refractivity contribution in [2.75, 3.05) is 42.1 Å². The molecular formula is C21H31N7O. The molecule has 0 saturated carbocycles. The Labute approximate surface area is 171 Å². The van der Waals surface area contributed by atoms with Crippen molar-refractivity contribution >= 4 is 28.9 Å². The molecular weight excluding hydrogens is 366 g/mol. The molecule has 1 amide bonds. The normalized spacial score (nSPS) is 19.4. The van der Waals surface area contributed by atoms with E-state index in [-0.39, 0.29) is 11.4 Å². The Bertz CT molecular complexity index is 831. The SMILES string of the molecule is CC1CCN(C2CCN(c3ccc(Nc4n[nH]c(N)c4C(N)=O)cc3)CC2)CC1. The average Bonchev–Trinajstić information content (AvgIpc) is 3.09. The smallest absolute Gasteiger partial charge is 0.256 e. The number of carbonyl (C=O) groups excluding carboxylic acids is 1. The number of aromatic amines is 1. The van der Waals surface area contributed by atoms with E-state index in [4.69, 9.17) is 11.5 Å². The summed E-state index contributed by atoms with van der Waals surface area (Å²) < 4.78 is 0. The lowest BCUT2D eigenvalue weighted by atomic mass is 9.95. The number of nitrogens with two attached hydrogens (primary N) is 2. The number of hydrogen-bond donors (Lipinski definition) is 4. The van der Waals surface area contributed by atoms with E-state index < -0.39 is 5.91 Å². The highest BCUT2D eigenvalue weighted by molar-refractivity contribution is 6.02. The zero-order chi connectivity index (χ0) is 20.4. The van der Waals surface area contributed by atoms with Crippen LogP contribution in [-0.4, -0.2) is 53.2 Å². The first-order chi connectivity index (χ1) is 14.0. The van der Waals surface area contributed by atoms with Crippen LogP contribution in [0.2, 0.25) is 0 Å². The summed E-state index contributed by atoms with van der Waals surface area (Å²) in [6.07, 6.45) is 5.13. The Morgan fingerprint density at radius 2 is 1.76 bits per heavy atom. The monoisotopic (exact) mass is 397 g/mol. The number of H-pyrrole nitrogens is 1. The molecule has 156 valence electrons. The van der Waals surface area contributed by atoms with Gasteiger partial charge in [-0.15, -0.1) is 0 Å². The summed E-state index contributed by atoms with van der Waals surface area (Å²) in [5, 5.41) is 9.72. The maximum absolute atomic E-state index is 11.5. The first-order valence-electron chi connectivity index (χ1n) is 10.5. The zero-order valence-corrected chi connectivity index (χ0v) is 17.0. The largest absolute Gasteiger partial charge is 0.383 e. The summed E-state index contributed by atoms with van der Waals surface area (Å²) in [5.74, 6) is 0.791. The lowest BCUT2D eigenvalue weighted by molar-refractivity contribution is 0.100.